The molecule has 2 rings (SSSR count). The van der Waals surface area contributed by atoms with Gasteiger partial charge in [-0.15, -0.1) is 0 Å². The van der Waals surface area contributed by atoms with Gasteiger partial charge >= 0.3 is 12.1 Å². The minimum atomic E-state index is -4.50. The predicted molar refractivity (Wildman–Crippen MR) is 55.7 cm³/mol. The zero-order valence-corrected chi connectivity index (χ0v) is 8.95. The van der Waals surface area contributed by atoms with E-state index in [1.54, 1.807) is 29.7 Å². The fraction of sp³-hybridized carbons (Fsp3) is 0.182. The molecule has 2 aromatic rings. The molecule has 0 aliphatic rings. The van der Waals surface area contributed by atoms with Crippen molar-refractivity contribution in [3.05, 3.63) is 36.1 Å². The van der Waals surface area contributed by atoms with E-state index in [2.05, 4.69) is 4.84 Å². The topological polar surface area (TPSA) is 51.5 Å². The number of hydroxylamine groups is 1. The van der Waals surface area contributed by atoms with Crippen LogP contribution in [0.3, 0.4) is 0 Å². The van der Waals surface area contributed by atoms with Crippen LogP contribution < -0.4 is 5.48 Å². The van der Waals surface area contributed by atoms with E-state index >= 15 is 0 Å². The summed E-state index contributed by atoms with van der Waals surface area (Å²) < 4.78 is 40.5. The van der Waals surface area contributed by atoms with Crippen molar-refractivity contribution in [2.45, 2.75) is 6.18 Å². The number of rotatable bonds is 3. The van der Waals surface area contributed by atoms with E-state index in [-0.39, 0.29) is 5.76 Å². The Morgan fingerprint density at radius 1 is 1.33 bits per heavy atom. The first-order valence-corrected chi connectivity index (χ1v) is 4.93. The molecule has 0 spiro atoms. The van der Waals surface area contributed by atoms with E-state index in [4.69, 9.17) is 4.42 Å². The number of fused-ring (bicyclic) bond motifs is 1. The predicted octanol–water partition coefficient (Wildman–Crippen LogP) is 2.66. The number of halogens is 3. The van der Waals surface area contributed by atoms with E-state index in [1.165, 1.54) is 6.07 Å². The van der Waals surface area contributed by atoms with Crippen LogP contribution in [0.15, 0.2) is 34.7 Å². The van der Waals surface area contributed by atoms with Crippen molar-refractivity contribution in [2.75, 3.05) is 6.61 Å². The molecule has 7 heteroatoms. The summed E-state index contributed by atoms with van der Waals surface area (Å²) in [4.78, 5) is 15.4. The summed E-state index contributed by atoms with van der Waals surface area (Å²) in [6.45, 7) is -1.56. The molecule has 1 N–H and O–H groups in total. The molecule has 1 heterocycles. The lowest BCUT2D eigenvalue weighted by Crippen LogP contribution is -2.29. The number of carbonyl (C=O) groups is 1. The maximum Gasteiger partial charge on any atom is 0.414 e. The van der Waals surface area contributed by atoms with Gasteiger partial charge in [0.15, 0.2) is 12.4 Å². The Morgan fingerprint density at radius 2 is 2.06 bits per heavy atom. The van der Waals surface area contributed by atoms with Crippen molar-refractivity contribution in [3.63, 3.8) is 0 Å². The maximum atomic E-state index is 11.8. The van der Waals surface area contributed by atoms with Crippen LogP contribution in [-0.2, 0) is 4.84 Å². The summed E-state index contributed by atoms with van der Waals surface area (Å²) in [5.74, 6) is -0.978. The number of alkyl halides is 3. The highest BCUT2D eigenvalue weighted by Gasteiger charge is 2.28. The highest BCUT2D eigenvalue weighted by Crippen LogP contribution is 2.19. The van der Waals surface area contributed by atoms with E-state index in [1.807, 2.05) is 0 Å². The average molecular weight is 259 g/mol. The van der Waals surface area contributed by atoms with Crippen molar-refractivity contribution < 1.29 is 27.2 Å². The molecule has 0 saturated heterocycles. The van der Waals surface area contributed by atoms with Gasteiger partial charge in [-0.3, -0.25) is 9.63 Å². The van der Waals surface area contributed by atoms with Gasteiger partial charge in [0.2, 0.25) is 0 Å². The van der Waals surface area contributed by atoms with Crippen molar-refractivity contribution in [2.24, 2.45) is 0 Å². The molecule has 1 aromatic carbocycles. The summed E-state index contributed by atoms with van der Waals surface area (Å²) >= 11 is 0. The van der Waals surface area contributed by atoms with Crippen molar-refractivity contribution >= 4 is 16.9 Å². The minimum Gasteiger partial charge on any atom is -0.451 e. The molecule has 0 aliphatic carbocycles. The Hall–Kier alpha value is -2.02. The monoisotopic (exact) mass is 259 g/mol. The van der Waals surface area contributed by atoms with Gasteiger partial charge < -0.3 is 4.42 Å². The number of hydrogen-bond acceptors (Lipinski definition) is 3. The maximum absolute atomic E-state index is 11.8. The van der Waals surface area contributed by atoms with Gasteiger partial charge in [0, 0.05) is 5.39 Å². The summed E-state index contributed by atoms with van der Waals surface area (Å²) in [5.41, 5.74) is 2.13. The van der Waals surface area contributed by atoms with Crippen molar-refractivity contribution in [3.8, 4) is 0 Å². The van der Waals surface area contributed by atoms with Crippen LogP contribution in [0.2, 0.25) is 0 Å². The number of para-hydroxylation sites is 1. The van der Waals surface area contributed by atoms with Gasteiger partial charge in [-0.1, -0.05) is 18.2 Å². The van der Waals surface area contributed by atoms with Crippen LogP contribution >= 0.6 is 0 Å². The lowest BCUT2D eigenvalue weighted by molar-refractivity contribution is -0.184. The van der Waals surface area contributed by atoms with Gasteiger partial charge in [-0.25, -0.2) is 5.48 Å². The smallest absolute Gasteiger partial charge is 0.414 e. The van der Waals surface area contributed by atoms with Gasteiger partial charge in [0.25, 0.3) is 0 Å². The van der Waals surface area contributed by atoms with Gasteiger partial charge in [0.1, 0.15) is 5.58 Å². The highest BCUT2D eigenvalue weighted by atomic mass is 19.4. The highest BCUT2D eigenvalue weighted by molar-refractivity contribution is 5.95. The molecule has 96 valence electrons. The lowest BCUT2D eigenvalue weighted by Gasteiger charge is -2.06. The lowest BCUT2D eigenvalue weighted by atomic mass is 10.2. The molecule has 1 amide bonds. The van der Waals surface area contributed by atoms with Gasteiger partial charge in [-0.05, 0) is 12.1 Å². The number of amides is 1. The third-order valence-electron chi connectivity index (χ3n) is 2.05. The minimum absolute atomic E-state index is 0.113. The Balaban J connectivity index is 2.01. The first-order valence-electron chi connectivity index (χ1n) is 4.93. The standard InChI is InChI=1S/C11H8F3NO3/c12-11(13,14)6-17-15-10(16)9-5-7-3-1-2-4-8(7)18-9/h1-5H,6H2,(H,15,16). The second-order valence-electron chi connectivity index (χ2n) is 3.48. The summed E-state index contributed by atoms with van der Waals surface area (Å²) in [6.07, 6.45) is -4.50. The van der Waals surface area contributed by atoms with Crippen molar-refractivity contribution in [1.29, 1.82) is 0 Å². The first kappa shape index (κ1) is 12.4. The molecule has 0 atom stereocenters. The molecular formula is C11H8F3NO3. The fourth-order valence-electron chi connectivity index (χ4n) is 1.33. The van der Waals surface area contributed by atoms with Crippen LogP contribution in [0.5, 0.6) is 0 Å². The Morgan fingerprint density at radius 3 is 2.72 bits per heavy atom. The number of benzene rings is 1. The number of hydrogen-bond donors (Lipinski definition) is 1. The second kappa shape index (κ2) is 4.69. The summed E-state index contributed by atoms with van der Waals surface area (Å²) in [6, 6.07) is 8.24. The number of furan rings is 1. The number of nitrogens with one attached hydrogen (secondary N) is 1. The van der Waals surface area contributed by atoms with Crippen LogP contribution in [0.4, 0.5) is 13.2 Å². The second-order valence-corrected chi connectivity index (χ2v) is 3.48. The van der Waals surface area contributed by atoms with E-state index in [0.29, 0.717) is 11.0 Å². The molecule has 0 unspecified atom stereocenters. The third-order valence-corrected chi connectivity index (χ3v) is 2.05. The van der Waals surface area contributed by atoms with Crippen molar-refractivity contribution in [1.82, 2.24) is 5.48 Å². The summed E-state index contributed by atoms with van der Waals surface area (Å²) in [5, 5.41) is 0.679. The molecule has 0 saturated carbocycles. The van der Waals surface area contributed by atoms with Crippen LogP contribution in [0.1, 0.15) is 10.6 Å². The van der Waals surface area contributed by atoms with Crippen LogP contribution in [-0.4, -0.2) is 18.7 Å². The molecule has 0 bridgehead atoms. The van der Waals surface area contributed by atoms with Crippen LogP contribution in [0.25, 0.3) is 11.0 Å². The van der Waals surface area contributed by atoms with Gasteiger partial charge in [0.05, 0.1) is 0 Å². The fourth-order valence-corrected chi connectivity index (χ4v) is 1.33. The van der Waals surface area contributed by atoms with E-state index in [0.717, 1.165) is 0 Å². The first-order chi connectivity index (χ1) is 8.46. The molecule has 18 heavy (non-hydrogen) atoms. The Kier molecular flexibility index (Phi) is 3.24. The molecule has 0 radical (unpaired) electrons. The van der Waals surface area contributed by atoms with Gasteiger partial charge in [-0.2, -0.15) is 13.2 Å². The third kappa shape index (κ3) is 3.01. The van der Waals surface area contributed by atoms with E-state index < -0.39 is 18.7 Å². The van der Waals surface area contributed by atoms with E-state index in [9.17, 15) is 18.0 Å². The molecule has 0 aliphatic heterocycles. The normalized spacial score (nSPS) is 11.7. The molecular weight excluding hydrogens is 251 g/mol. The zero-order chi connectivity index (χ0) is 13.2. The number of carbonyl (C=O) groups excluding carboxylic acids is 1. The molecule has 1 aromatic heterocycles. The summed E-state index contributed by atoms with van der Waals surface area (Å²) in [7, 11) is 0. The average Bonchev–Trinajstić information content (AvgIpc) is 2.70. The Bertz CT molecular complexity index is 529. The molecule has 0 fully saturated rings. The SMILES string of the molecule is O=C(NOCC(F)(F)F)c1cc2ccccc2o1. The zero-order valence-electron chi connectivity index (χ0n) is 8.95. The largest absolute Gasteiger partial charge is 0.451 e. The quantitative estimate of drug-likeness (QED) is 0.862. The van der Waals surface area contributed by atoms with Crippen LogP contribution in [0, 0.1) is 0 Å². The molecule has 4 nitrogen and oxygen atoms in total. The Labute approximate surface area is 99.3 Å².